The SMILES string of the molecule is Cc1ccccc1C1CCCN1S(=O)(=O)c1ccc(C(C)C)cc1. The molecule has 0 saturated carbocycles. The summed E-state index contributed by atoms with van der Waals surface area (Å²) in [5.74, 6) is 0.397. The Bertz CT molecular complexity index is 810. The molecule has 1 heterocycles. The van der Waals surface area contributed by atoms with E-state index in [4.69, 9.17) is 0 Å². The van der Waals surface area contributed by atoms with Crippen molar-refractivity contribution in [3.8, 4) is 0 Å². The first-order valence-corrected chi connectivity index (χ1v) is 10.0. The molecule has 128 valence electrons. The van der Waals surface area contributed by atoms with E-state index in [2.05, 4.69) is 32.9 Å². The maximum atomic E-state index is 13.1. The van der Waals surface area contributed by atoms with Crippen LogP contribution in [-0.2, 0) is 10.0 Å². The minimum absolute atomic E-state index is 0.0547. The van der Waals surface area contributed by atoms with E-state index in [1.54, 1.807) is 16.4 Å². The van der Waals surface area contributed by atoms with Crippen LogP contribution in [0.5, 0.6) is 0 Å². The molecule has 0 bridgehead atoms. The lowest BCUT2D eigenvalue weighted by atomic mass is 10.0. The standard InChI is InChI=1S/C20H25NO2S/c1-15(2)17-10-12-18(13-11-17)24(22,23)21-14-6-9-20(21)19-8-5-4-7-16(19)3/h4-5,7-8,10-13,15,20H,6,9,14H2,1-3H3. The van der Waals surface area contributed by atoms with Crippen molar-refractivity contribution < 1.29 is 8.42 Å². The predicted molar refractivity (Wildman–Crippen MR) is 97.6 cm³/mol. The van der Waals surface area contributed by atoms with E-state index in [1.807, 2.05) is 24.3 Å². The van der Waals surface area contributed by atoms with E-state index in [0.29, 0.717) is 17.4 Å². The maximum absolute atomic E-state index is 13.1. The molecule has 1 aliphatic rings. The van der Waals surface area contributed by atoms with Crippen LogP contribution >= 0.6 is 0 Å². The normalized spacial score (nSPS) is 19.1. The van der Waals surface area contributed by atoms with E-state index >= 15 is 0 Å². The lowest BCUT2D eigenvalue weighted by Crippen LogP contribution is -2.31. The first-order chi connectivity index (χ1) is 11.4. The number of benzene rings is 2. The maximum Gasteiger partial charge on any atom is 0.243 e. The van der Waals surface area contributed by atoms with Crippen molar-refractivity contribution in [3.63, 3.8) is 0 Å². The van der Waals surface area contributed by atoms with E-state index in [-0.39, 0.29) is 6.04 Å². The molecule has 3 rings (SSSR count). The first kappa shape index (κ1) is 17.2. The van der Waals surface area contributed by atoms with Crippen molar-refractivity contribution >= 4 is 10.0 Å². The zero-order chi connectivity index (χ0) is 17.3. The molecule has 4 heteroatoms. The van der Waals surface area contributed by atoms with Crippen LogP contribution in [0.1, 0.15) is 55.3 Å². The quantitative estimate of drug-likeness (QED) is 0.811. The smallest absolute Gasteiger partial charge is 0.207 e. The summed E-state index contributed by atoms with van der Waals surface area (Å²) in [6.07, 6.45) is 1.79. The molecule has 24 heavy (non-hydrogen) atoms. The van der Waals surface area contributed by atoms with Gasteiger partial charge in [-0.3, -0.25) is 0 Å². The summed E-state index contributed by atoms with van der Waals surface area (Å²) < 4.78 is 28.0. The molecule has 1 aliphatic heterocycles. The highest BCUT2D eigenvalue weighted by Gasteiger charge is 2.36. The molecule has 0 aromatic heterocycles. The zero-order valence-corrected chi connectivity index (χ0v) is 15.4. The van der Waals surface area contributed by atoms with Crippen LogP contribution in [0.2, 0.25) is 0 Å². The second-order valence-corrected chi connectivity index (χ2v) is 8.74. The Kier molecular flexibility index (Phi) is 4.79. The number of nitrogens with zero attached hydrogens (tertiary/aromatic N) is 1. The largest absolute Gasteiger partial charge is 0.243 e. The van der Waals surface area contributed by atoms with Crippen molar-refractivity contribution in [2.75, 3.05) is 6.54 Å². The third kappa shape index (κ3) is 3.13. The van der Waals surface area contributed by atoms with Gasteiger partial charge < -0.3 is 0 Å². The second kappa shape index (κ2) is 6.69. The number of aryl methyl sites for hydroxylation is 1. The molecule has 1 atom stereocenters. The van der Waals surface area contributed by atoms with Crippen molar-refractivity contribution in [3.05, 3.63) is 65.2 Å². The van der Waals surface area contributed by atoms with E-state index in [9.17, 15) is 8.42 Å². The molecule has 0 radical (unpaired) electrons. The molecule has 1 saturated heterocycles. The van der Waals surface area contributed by atoms with Gasteiger partial charge in [-0.1, -0.05) is 50.2 Å². The van der Waals surface area contributed by atoms with Gasteiger partial charge in [0.2, 0.25) is 10.0 Å². The average molecular weight is 343 g/mol. The summed E-state index contributed by atoms with van der Waals surface area (Å²) in [7, 11) is -3.46. The Morgan fingerprint density at radius 3 is 2.33 bits per heavy atom. The van der Waals surface area contributed by atoms with Crippen LogP contribution in [0.15, 0.2) is 53.4 Å². The van der Waals surface area contributed by atoms with Gasteiger partial charge in [0.15, 0.2) is 0 Å². The summed E-state index contributed by atoms with van der Waals surface area (Å²) >= 11 is 0. The lowest BCUT2D eigenvalue weighted by molar-refractivity contribution is 0.395. The molecule has 2 aromatic carbocycles. The predicted octanol–water partition coefficient (Wildman–Crippen LogP) is 4.64. The van der Waals surface area contributed by atoms with Gasteiger partial charge in [0.25, 0.3) is 0 Å². The third-order valence-electron chi connectivity index (χ3n) is 4.90. The topological polar surface area (TPSA) is 37.4 Å². The van der Waals surface area contributed by atoms with Gasteiger partial charge in [-0.05, 0) is 54.5 Å². The fourth-order valence-electron chi connectivity index (χ4n) is 3.46. The Morgan fingerprint density at radius 2 is 1.71 bits per heavy atom. The molecule has 0 N–H and O–H groups in total. The molecular weight excluding hydrogens is 318 g/mol. The fourth-order valence-corrected chi connectivity index (χ4v) is 5.13. The molecule has 0 aliphatic carbocycles. The van der Waals surface area contributed by atoms with Crippen molar-refractivity contribution in [1.82, 2.24) is 4.31 Å². The van der Waals surface area contributed by atoms with Gasteiger partial charge >= 0.3 is 0 Å². The van der Waals surface area contributed by atoms with Crippen molar-refractivity contribution in [1.29, 1.82) is 0 Å². The monoisotopic (exact) mass is 343 g/mol. The zero-order valence-electron chi connectivity index (χ0n) is 14.6. The van der Waals surface area contributed by atoms with Gasteiger partial charge in [0.05, 0.1) is 10.9 Å². The number of sulfonamides is 1. The minimum Gasteiger partial charge on any atom is -0.207 e. The van der Waals surface area contributed by atoms with Crippen LogP contribution in [0, 0.1) is 6.92 Å². The first-order valence-electron chi connectivity index (χ1n) is 8.58. The molecule has 1 unspecified atom stereocenters. The summed E-state index contributed by atoms with van der Waals surface area (Å²) in [4.78, 5) is 0.396. The molecule has 3 nitrogen and oxygen atoms in total. The third-order valence-corrected chi connectivity index (χ3v) is 6.83. The summed E-state index contributed by atoms with van der Waals surface area (Å²) in [5, 5.41) is 0. The Balaban J connectivity index is 1.95. The Morgan fingerprint density at radius 1 is 1.04 bits per heavy atom. The molecule has 2 aromatic rings. The molecular formula is C20H25NO2S. The number of hydrogen-bond acceptors (Lipinski definition) is 2. The van der Waals surface area contributed by atoms with Gasteiger partial charge in [-0.25, -0.2) is 8.42 Å². The van der Waals surface area contributed by atoms with Crippen LogP contribution in [-0.4, -0.2) is 19.3 Å². The number of rotatable bonds is 4. The Hall–Kier alpha value is -1.65. The molecule has 0 spiro atoms. The van der Waals surface area contributed by atoms with Gasteiger partial charge in [0.1, 0.15) is 0 Å². The van der Waals surface area contributed by atoms with Crippen LogP contribution in [0.3, 0.4) is 0 Å². The van der Waals surface area contributed by atoms with Crippen LogP contribution in [0.25, 0.3) is 0 Å². The van der Waals surface area contributed by atoms with Gasteiger partial charge in [-0.2, -0.15) is 4.31 Å². The highest BCUT2D eigenvalue weighted by molar-refractivity contribution is 7.89. The van der Waals surface area contributed by atoms with E-state index < -0.39 is 10.0 Å². The highest BCUT2D eigenvalue weighted by atomic mass is 32.2. The van der Waals surface area contributed by atoms with Crippen molar-refractivity contribution in [2.45, 2.75) is 50.5 Å². The summed E-state index contributed by atoms with van der Waals surface area (Å²) in [5.41, 5.74) is 3.43. The summed E-state index contributed by atoms with van der Waals surface area (Å²) in [6.45, 7) is 6.86. The molecule has 0 amide bonds. The van der Waals surface area contributed by atoms with Gasteiger partial charge in [0, 0.05) is 6.54 Å². The Labute approximate surface area is 145 Å². The minimum atomic E-state index is -3.46. The van der Waals surface area contributed by atoms with Crippen LogP contribution in [0.4, 0.5) is 0 Å². The molecule has 1 fully saturated rings. The van der Waals surface area contributed by atoms with E-state index in [0.717, 1.165) is 29.5 Å². The lowest BCUT2D eigenvalue weighted by Gasteiger charge is -2.25. The van der Waals surface area contributed by atoms with Crippen molar-refractivity contribution in [2.24, 2.45) is 0 Å². The second-order valence-electron chi connectivity index (χ2n) is 6.85. The highest BCUT2D eigenvalue weighted by Crippen LogP contribution is 2.37. The fraction of sp³-hybridized carbons (Fsp3) is 0.400. The van der Waals surface area contributed by atoms with E-state index in [1.165, 1.54) is 0 Å². The average Bonchev–Trinajstić information content (AvgIpc) is 3.05. The summed E-state index contributed by atoms with van der Waals surface area (Å²) in [6, 6.07) is 15.4. The van der Waals surface area contributed by atoms with Crippen LogP contribution < -0.4 is 0 Å². The number of hydrogen-bond donors (Lipinski definition) is 0. The van der Waals surface area contributed by atoms with Gasteiger partial charge in [-0.15, -0.1) is 0 Å².